The molecule has 18 heavy (non-hydrogen) atoms. The van der Waals surface area contributed by atoms with Crippen LogP contribution in [0.4, 0.5) is 0 Å². The molecule has 0 aliphatic rings. The molecule has 0 spiro atoms. The maximum Gasteiger partial charge on any atom is 0.221 e. The van der Waals surface area contributed by atoms with E-state index >= 15 is 0 Å². The van der Waals surface area contributed by atoms with Crippen molar-refractivity contribution < 1.29 is 9.59 Å². The molecule has 1 heterocycles. The number of fused-ring (bicyclic) bond motifs is 1. The Morgan fingerprint density at radius 2 is 2.22 bits per heavy atom. The number of nitrogens with zero attached hydrogens (tertiary/aromatic N) is 1. The number of carbonyl (C=O) groups excluding carboxylic acids is 2. The number of aryl methyl sites for hydroxylation is 1. The molecular formula is C14H16N2O2. The van der Waals surface area contributed by atoms with Crippen molar-refractivity contribution in [2.24, 2.45) is 0 Å². The molecule has 0 atom stereocenters. The van der Waals surface area contributed by atoms with E-state index in [-0.39, 0.29) is 5.91 Å². The van der Waals surface area contributed by atoms with Gasteiger partial charge in [0, 0.05) is 36.8 Å². The monoisotopic (exact) mass is 244 g/mol. The second kappa shape index (κ2) is 5.49. The van der Waals surface area contributed by atoms with Gasteiger partial charge < -0.3 is 9.88 Å². The van der Waals surface area contributed by atoms with E-state index in [1.165, 1.54) is 0 Å². The highest BCUT2D eigenvalue weighted by molar-refractivity contribution is 5.87. The molecule has 0 bridgehead atoms. The Morgan fingerprint density at radius 3 is 2.94 bits per heavy atom. The van der Waals surface area contributed by atoms with Crippen molar-refractivity contribution in [3.05, 3.63) is 36.0 Å². The lowest BCUT2D eigenvalue weighted by Gasteiger charge is -2.06. The number of nitrogens with one attached hydrogen (secondary N) is 1. The van der Waals surface area contributed by atoms with Gasteiger partial charge in [0.25, 0.3) is 0 Å². The first-order valence-electron chi connectivity index (χ1n) is 6.05. The summed E-state index contributed by atoms with van der Waals surface area (Å²) in [7, 11) is 0. The lowest BCUT2D eigenvalue weighted by molar-refractivity contribution is -0.121. The van der Waals surface area contributed by atoms with Crippen molar-refractivity contribution in [1.82, 2.24) is 9.88 Å². The van der Waals surface area contributed by atoms with E-state index in [4.69, 9.17) is 0 Å². The number of hydrogen-bond acceptors (Lipinski definition) is 2. The molecular weight excluding hydrogens is 228 g/mol. The van der Waals surface area contributed by atoms with Crippen LogP contribution in [-0.2, 0) is 11.3 Å². The molecule has 0 saturated carbocycles. The number of aromatic nitrogens is 1. The summed E-state index contributed by atoms with van der Waals surface area (Å²) in [5.74, 6) is 0.0471. The summed E-state index contributed by atoms with van der Waals surface area (Å²) in [5, 5.41) is 3.85. The van der Waals surface area contributed by atoms with E-state index in [0.717, 1.165) is 17.2 Å². The summed E-state index contributed by atoms with van der Waals surface area (Å²) in [4.78, 5) is 22.2. The zero-order chi connectivity index (χ0) is 13.0. The molecule has 2 rings (SSSR count). The third-order valence-electron chi connectivity index (χ3n) is 2.89. The maximum absolute atomic E-state index is 11.4. The van der Waals surface area contributed by atoms with E-state index in [1.54, 1.807) is 6.07 Å². The third-order valence-corrected chi connectivity index (χ3v) is 2.89. The smallest absolute Gasteiger partial charge is 0.221 e. The van der Waals surface area contributed by atoms with Gasteiger partial charge in [-0.15, -0.1) is 0 Å². The number of amides is 1. The molecule has 0 aliphatic heterocycles. The first-order valence-corrected chi connectivity index (χ1v) is 6.05. The predicted molar refractivity (Wildman–Crippen MR) is 70.6 cm³/mol. The molecule has 0 saturated heterocycles. The molecule has 1 amide bonds. The Hall–Kier alpha value is -2.10. The number of carbonyl (C=O) groups is 2. The molecule has 0 unspecified atom stereocenters. The summed E-state index contributed by atoms with van der Waals surface area (Å²) in [6.45, 7) is 3.18. The number of hydrogen-bond donors (Lipinski definition) is 1. The fourth-order valence-corrected chi connectivity index (χ4v) is 1.98. The van der Waals surface area contributed by atoms with Crippen molar-refractivity contribution in [3.8, 4) is 0 Å². The SMILES string of the molecule is CCNC(=O)CCn1ccc2ccc(C=O)cc21. The predicted octanol–water partition coefficient (Wildman–Crippen LogP) is 1.98. The lowest BCUT2D eigenvalue weighted by atomic mass is 10.2. The van der Waals surface area contributed by atoms with Crippen LogP contribution in [0.25, 0.3) is 10.9 Å². The van der Waals surface area contributed by atoms with Crippen LogP contribution in [0.5, 0.6) is 0 Å². The molecule has 0 fully saturated rings. The van der Waals surface area contributed by atoms with Gasteiger partial charge in [0.2, 0.25) is 5.91 Å². The quantitative estimate of drug-likeness (QED) is 0.818. The Kier molecular flexibility index (Phi) is 3.77. The normalized spacial score (nSPS) is 10.5. The van der Waals surface area contributed by atoms with Crippen LogP contribution >= 0.6 is 0 Å². The van der Waals surface area contributed by atoms with Gasteiger partial charge in [0.05, 0.1) is 0 Å². The van der Waals surface area contributed by atoms with Crippen LogP contribution in [0.2, 0.25) is 0 Å². The standard InChI is InChI=1S/C14H16N2O2/c1-2-15-14(18)6-8-16-7-5-12-4-3-11(10-17)9-13(12)16/h3-5,7,9-10H,2,6,8H2,1H3,(H,15,18). The molecule has 2 aromatic rings. The van der Waals surface area contributed by atoms with Gasteiger partial charge in [-0.2, -0.15) is 0 Å². The molecule has 1 aromatic heterocycles. The average molecular weight is 244 g/mol. The zero-order valence-corrected chi connectivity index (χ0v) is 10.3. The highest BCUT2D eigenvalue weighted by Crippen LogP contribution is 2.17. The van der Waals surface area contributed by atoms with Crippen LogP contribution in [0, 0.1) is 0 Å². The minimum absolute atomic E-state index is 0.0471. The molecule has 1 aromatic carbocycles. The molecule has 1 N–H and O–H groups in total. The number of rotatable bonds is 5. The summed E-state index contributed by atoms with van der Waals surface area (Å²) in [6.07, 6.45) is 3.22. The van der Waals surface area contributed by atoms with E-state index < -0.39 is 0 Å². The maximum atomic E-state index is 11.4. The Balaban J connectivity index is 2.17. The molecule has 4 nitrogen and oxygen atoms in total. The molecule has 94 valence electrons. The fraction of sp³-hybridized carbons (Fsp3) is 0.286. The van der Waals surface area contributed by atoms with E-state index in [9.17, 15) is 9.59 Å². The van der Waals surface area contributed by atoms with Gasteiger partial charge in [-0.25, -0.2) is 0 Å². The summed E-state index contributed by atoms with van der Waals surface area (Å²) in [6, 6.07) is 7.55. The van der Waals surface area contributed by atoms with E-state index in [1.807, 2.05) is 35.9 Å². The van der Waals surface area contributed by atoms with Crippen LogP contribution in [0.1, 0.15) is 23.7 Å². The van der Waals surface area contributed by atoms with Crippen molar-refractivity contribution in [2.75, 3.05) is 6.54 Å². The van der Waals surface area contributed by atoms with Gasteiger partial charge >= 0.3 is 0 Å². The van der Waals surface area contributed by atoms with Gasteiger partial charge in [0.15, 0.2) is 0 Å². The average Bonchev–Trinajstić information content (AvgIpc) is 2.79. The van der Waals surface area contributed by atoms with Crippen molar-refractivity contribution in [3.63, 3.8) is 0 Å². The van der Waals surface area contributed by atoms with Gasteiger partial charge in [-0.3, -0.25) is 9.59 Å². The van der Waals surface area contributed by atoms with Crippen molar-refractivity contribution in [1.29, 1.82) is 0 Å². The van der Waals surface area contributed by atoms with Crippen molar-refractivity contribution in [2.45, 2.75) is 19.9 Å². The van der Waals surface area contributed by atoms with E-state index in [0.29, 0.717) is 25.1 Å². The lowest BCUT2D eigenvalue weighted by Crippen LogP contribution is -2.23. The van der Waals surface area contributed by atoms with Gasteiger partial charge in [-0.1, -0.05) is 12.1 Å². The van der Waals surface area contributed by atoms with Crippen molar-refractivity contribution >= 4 is 23.1 Å². The number of aldehydes is 1. The summed E-state index contributed by atoms with van der Waals surface area (Å²) >= 11 is 0. The second-order valence-corrected chi connectivity index (χ2v) is 4.15. The molecule has 0 radical (unpaired) electrons. The van der Waals surface area contributed by atoms with Crippen LogP contribution in [0.15, 0.2) is 30.5 Å². The summed E-state index contributed by atoms with van der Waals surface area (Å²) < 4.78 is 2.00. The third kappa shape index (κ3) is 2.59. The first kappa shape index (κ1) is 12.4. The molecule has 0 aliphatic carbocycles. The van der Waals surface area contributed by atoms with Crippen LogP contribution < -0.4 is 5.32 Å². The Labute approximate surface area is 106 Å². The topological polar surface area (TPSA) is 51.1 Å². The van der Waals surface area contributed by atoms with Crippen LogP contribution in [0.3, 0.4) is 0 Å². The minimum Gasteiger partial charge on any atom is -0.356 e. The van der Waals surface area contributed by atoms with Crippen LogP contribution in [-0.4, -0.2) is 23.3 Å². The largest absolute Gasteiger partial charge is 0.356 e. The number of benzene rings is 1. The second-order valence-electron chi connectivity index (χ2n) is 4.15. The zero-order valence-electron chi connectivity index (χ0n) is 10.3. The highest BCUT2D eigenvalue weighted by Gasteiger charge is 2.04. The van der Waals surface area contributed by atoms with Gasteiger partial charge in [0.1, 0.15) is 6.29 Å². The first-order chi connectivity index (χ1) is 8.74. The Morgan fingerprint density at radius 1 is 1.39 bits per heavy atom. The minimum atomic E-state index is 0.0471. The summed E-state index contributed by atoms with van der Waals surface area (Å²) in [5.41, 5.74) is 1.64. The van der Waals surface area contributed by atoms with Gasteiger partial charge in [-0.05, 0) is 24.4 Å². The van der Waals surface area contributed by atoms with E-state index in [2.05, 4.69) is 5.32 Å². The Bertz CT molecular complexity index is 572. The fourth-order valence-electron chi connectivity index (χ4n) is 1.98. The highest BCUT2D eigenvalue weighted by atomic mass is 16.1. The molecule has 4 heteroatoms.